The first-order chi connectivity index (χ1) is 10.6. The fraction of sp³-hybridized carbons (Fsp3) is 0.250. The van der Waals surface area contributed by atoms with Gasteiger partial charge in [0, 0.05) is 10.9 Å². The van der Waals surface area contributed by atoms with Crippen molar-refractivity contribution in [1.82, 2.24) is 4.98 Å². The predicted octanol–water partition coefficient (Wildman–Crippen LogP) is 5.09. The van der Waals surface area contributed by atoms with Gasteiger partial charge >= 0.3 is 0 Å². The molecule has 0 fully saturated rings. The van der Waals surface area contributed by atoms with Crippen LogP contribution >= 0.6 is 0 Å². The summed E-state index contributed by atoms with van der Waals surface area (Å²) in [5, 5.41) is 1.06. The molecule has 0 spiro atoms. The summed E-state index contributed by atoms with van der Waals surface area (Å²) in [6.07, 6.45) is 0.974. The molecule has 0 radical (unpaired) electrons. The Balaban J connectivity index is 2.18. The van der Waals surface area contributed by atoms with Crippen LogP contribution in [0.25, 0.3) is 22.2 Å². The van der Waals surface area contributed by atoms with E-state index in [1.54, 1.807) is 7.11 Å². The van der Waals surface area contributed by atoms with Gasteiger partial charge in [0.2, 0.25) is 0 Å². The van der Waals surface area contributed by atoms with Gasteiger partial charge in [-0.3, -0.25) is 0 Å². The van der Waals surface area contributed by atoms with Gasteiger partial charge in [0.05, 0.1) is 18.3 Å². The summed E-state index contributed by atoms with van der Waals surface area (Å²) in [5.41, 5.74) is 7.00. The fourth-order valence-electron chi connectivity index (χ4n) is 2.69. The summed E-state index contributed by atoms with van der Waals surface area (Å²) < 4.78 is 5.51. The number of aromatic nitrogens is 1. The van der Waals surface area contributed by atoms with E-state index < -0.39 is 0 Å². The zero-order chi connectivity index (χ0) is 15.7. The lowest BCUT2D eigenvalue weighted by molar-refractivity contribution is 0.419. The predicted molar refractivity (Wildman–Crippen MR) is 92.6 cm³/mol. The molecule has 0 saturated heterocycles. The van der Waals surface area contributed by atoms with Crippen LogP contribution in [-0.2, 0) is 6.42 Å². The third-order valence-corrected chi connectivity index (χ3v) is 4.26. The maximum absolute atomic E-state index is 5.51. The molecular weight excluding hydrogens is 270 g/mol. The van der Waals surface area contributed by atoms with Crippen molar-refractivity contribution in [2.45, 2.75) is 27.2 Å². The average molecular weight is 291 g/mol. The van der Waals surface area contributed by atoms with E-state index in [0.29, 0.717) is 0 Å². The van der Waals surface area contributed by atoms with Gasteiger partial charge in [0.15, 0.2) is 0 Å². The van der Waals surface area contributed by atoms with Gasteiger partial charge in [-0.2, -0.15) is 0 Å². The highest BCUT2D eigenvalue weighted by molar-refractivity contribution is 5.88. The van der Waals surface area contributed by atoms with Crippen LogP contribution in [0.1, 0.15) is 23.6 Å². The minimum Gasteiger partial charge on any atom is -0.496 e. The molecule has 0 bridgehead atoms. The van der Waals surface area contributed by atoms with E-state index in [4.69, 9.17) is 9.72 Å². The van der Waals surface area contributed by atoms with Crippen LogP contribution in [0, 0.1) is 13.8 Å². The Bertz CT molecular complexity index is 836. The molecule has 0 aliphatic heterocycles. The molecule has 2 nitrogen and oxygen atoms in total. The van der Waals surface area contributed by atoms with Crippen LogP contribution in [0.2, 0.25) is 0 Å². The van der Waals surface area contributed by atoms with Crippen LogP contribution in [0.3, 0.4) is 0 Å². The Morgan fingerprint density at radius 1 is 0.955 bits per heavy atom. The van der Waals surface area contributed by atoms with Crippen LogP contribution in [0.15, 0.2) is 42.5 Å². The summed E-state index contributed by atoms with van der Waals surface area (Å²) in [6.45, 7) is 6.41. The molecule has 2 heteroatoms. The first kappa shape index (κ1) is 14.6. The first-order valence-corrected chi connectivity index (χ1v) is 7.67. The molecule has 3 rings (SSSR count). The van der Waals surface area contributed by atoms with Crippen molar-refractivity contribution in [3.63, 3.8) is 0 Å². The Kier molecular flexibility index (Phi) is 3.84. The molecule has 112 valence electrons. The van der Waals surface area contributed by atoms with Crippen LogP contribution in [-0.4, -0.2) is 12.1 Å². The van der Waals surface area contributed by atoms with Crippen molar-refractivity contribution in [1.29, 1.82) is 0 Å². The number of nitrogens with zero attached hydrogens (tertiary/aromatic N) is 1. The molecule has 0 N–H and O–H groups in total. The molecule has 22 heavy (non-hydrogen) atoms. The second-order valence-electron chi connectivity index (χ2n) is 5.71. The molecule has 3 aromatic rings. The highest BCUT2D eigenvalue weighted by Crippen LogP contribution is 2.29. The normalized spacial score (nSPS) is 10.9. The van der Waals surface area contributed by atoms with E-state index in [0.717, 1.165) is 34.3 Å². The second-order valence-corrected chi connectivity index (χ2v) is 5.71. The van der Waals surface area contributed by atoms with E-state index in [2.05, 4.69) is 63.2 Å². The minimum absolute atomic E-state index is 0.897. The van der Waals surface area contributed by atoms with Crippen molar-refractivity contribution in [3.05, 3.63) is 59.2 Å². The Morgan fingerprint density at radius 3 is 2.45 bits per heavy atom. The SMILES string of the molecule is CCc1cc(OC)c2ccc(-c3ccc(C)c(C)c3)nc2c1. The number of aryl methyl sites for hydroxylation is 3. The second kappa shape index (κ2) is 5.80. The highest BCUT2D eigenvalue weighted by Gasteiger charge is 2.08. The van der Waals surface area contributed by atoms with Crippen molar-refractivity contribution in [2.24, 2.45) is 0 Å². The topological polar surface area (TPSA) is 22.1 Å². The van der Waals surface area contributed by atoms with Crippen LogP contribution in [0.4, 0.5) is 0 Å². The number of benzene rings is 2. The molecule has 0 unspecified atom stereocenters. The van der Waals surface area contributed by atoms with Gasteiger partial charge in [-0.15, -0.1) is 0 Å². The van der Waals surface area contributed by atoms with Crippen molar-refractivity contribution in [2.75, 3.05) is 7.11 Å². The number of rotatable bonds is 3. The van der Waals surface area contributed by atoms with E-state index >= 15 is 0 Å². The summed E-state index contributed by atoms with van der Waals surface area (Å²) in [7, 11) is 1.71. The third-order valence-electron chi connectivity index (χ3n) is 4.26. The number of hydrogen-bond donors (Lipinski definition) is 0. The van der Waals surface area contributed by atoms with E-state index in [-0.39, 0.29) is 0 Å². The van der Waals surface area contributed by atoms with Gasteiger partial charge in [0.1, 0.15) is 5.75 Å². The minimum atomic E-state index is 0.897. The van der Waals surface area contributed by atoms with E-state index in [1.807, 2.05) is 0 Å². The van der Waals surface area contributed by atoms with Crippen LogP contribution < -0.4 is 4.74 Å². The Morgan fingerprint density at radius 2 is 1.77 bits per heavy atom. The lowest BCUT2D eigenvalue weighted by atomic mass is 10.0. The first-order valence-electron chi connectivity index (χ1n) is 7.67. The molecule has 0 atom stereocenters. The standard InChI is InChI=1S/C20H21NO/c1-5-15-11-19-17(20(12-15)22-4)8-9-18(21-19)16-7-6-13(2)14(3)10-16/h6-12H,5H2,1-4H3. The third kappa shape index (κ3) is 2.57. The van der Waals surface area contributed by atoms with Gasteiger partial charge in [-0.25, -0.2) is 4.98 Å². The fourth-order valence-corrected chi connectivity index (χ4v) is 2.69. The Hall–Kier alpha value is -2.35. The highest BCUT2D eigenvalue weighted by atomic mass is 16.5. The van der Waals surface area contributed by atoms with Gasteiger partial charge in [0.25, 0.3) is 0 Å². The van der Waals surface area contributed by atoms with E-state index in [9.17, 15) is 0 Å². The van der Waals surface area contributed by atoms with Crippen molar-refractivity contribution < 1.29 is 4.74 Å². The van der Waals surface area contributed by atoms with Crippen molar-refractivity contribution >= 4 is 10.9 Å². The average Bonchev–Trinajstić information content (AvgIpc) is 2.55. The molecular formula is C20H21NO. The molecule has 0 aliphatic rings. The lowest BCUT2D eigenvalue weighted by Crippen LogP contribution is -1.92. The van der Waals surface area contributed by atoms with Gasteiger partial charge in [-0.1, -0.05) is 19.1 Å². The number of ether oxygens (including phenoxy) is 1. The molecule has 1 aromatic heterocycles. The van der Waals surface area contributed by atoms with Crippen molar-refractivity contribution in [3.8, 4) is 17.0 Å². The number of fused-ring (bicyclic) bond motifs is 1. The monoisotopic (exact) mass is 291 g/mol. The quantitative estimate of drug-likeness (QED) is 0.670. The summed E-state index contributed by atoms with van der Waals surface area (Å²) in [5.74, 6) is 0.897. The zero-order valence-electron chi connectivity index (χ0n) is 13.6. The number of methoxy groups -OCH3 is 1. The van der Waals surface area contributed by atoms with Gasteiger partial charge in [-0.05, 0) is 67.3 Å². The molecule has 1 heterocycles. The van der Waals surface area contributed by atoms with E-state index in [1.165, 1.54) is 16.7 Å². The van der Waals surface area contributed by atoms with Gasteiger partial charge < -0.3 is 4.74 Å². The summed E-state index contributed by atoms with van der Waals surface area (Å²) in [6, 6.07) is 14.9. The summed E-state index contributed by atoms with van der Waals surface area (Å²) >= 11 is 0. The largest absolute Gasteiger partial charge is 0.496 e. The maximum atomic E-state index is 5.51. The molecule has 0 amide bonds. The number of pyridine rings is 1. The van der Waals surface area contributed by atoms with Crippen LogP contribution in [0.5, 0.6) is 5.75 Å². The molecule has 0 saturated carbocycles. The summed E-state index contributed by atoms with van der Waals surface area (Å²) in [4.78, 5) is 4.85. The maximum Gasteiger partial charge on any atom is 0.128 e. The zero-order valence-corrected chi connectivity index (χ0v) is 13.6. The number of hydrogen-bond acceptors (Lipinski definition) is 2. The Labute approximate surface area is 131 Å². The smallest absolute Gasteiger partial charge is 0.128 e. The molecule has 2 aromatic carbocycles. The molecule has 0 aliphatic carbocycles. The lowest BCUT2D eigenvalue weighted by Gasteiger charge is -2.10.